The average Bonchev–Trinajstić information content (AvgIpc) is 3.04. The summed E-state index contributed by atoms with van der Waals surface area (Å²) in [7, 11) is 3.33. The van der Waals surface area contributed by atoms with Gasteiger partial charge in [0, 0.05) is 0 Å². The lowest BCUT2D eigenvalue weighted by molar-refractivity contribution is 0.329. The van der Waals surface area contributed by atoms with Gasteiger partial charge in [-0.15, -0.1) is 0 Å². The number of nitrogens with zero attached hydrogens (tertiary/aromatic N) is 2. The van der Waals surface area contributed by atoms with Gasteiger partial charge in [-0.2, -0.15) is 0 Å². The van der Waals surface area contributed by atoms with Crippen LogP contribution in [0.3, 0.4) is 0 Å². The molecule has 0 aromatic rings. The first-order valence-corrected chi connectivity index (χ1v) is 6.47. The van der Waals surface area contributed by atoms with Crippen LogP contribution in [0.1, 0.15) is 26.7 Å². The van der Waals surface area contributed by atoms with Crippen LogP contribution in [0, 0.1) is 11.8 Å². The summed E-state index contributed by atoms with van der Waals surface area (Å²) in [6.45, 7) is 8.21. The van der Waals surface area contributed by atoms with Gasteiger partial charge in [-0.25, -0.2) is 9.98 Å². The normalized spacial score (nSPS) is 30.9. The monoisotopic (exact) mass is 250 g/mol. The molecule has 100 valence electrons. The van der Waals surface area contributed by atoms with Crippen LogP contribution < -0.4 is 0 Å². The van der Waals surface area contributed by atoms with E-state index in [2.05, 4.69) is 30.4 Å². The largest absolute Gasteiger partial charge is 0.483 e. The molecule has 1 heterocycles. The Morgan fingerprint density at radius 3 is 2.28 bits per heavy atom. The van der Waals surface area contributed by atoms with Crippen LogP contribution in [0.15, 0.2) is 22.1 Å². The fraction of sp³-hybridized carbons (Fsp3) is 0.714. The van der Waals surface area contributed by atoms with E-state index in [1.54, 1.807) is 14.2 Å². The topological polar surface area (TPSA) is 43.2 Å². The molecule has 0 aromatic heterocycles. The molecule has 2 rings (SSSR count). The molecular weight excluding hydrogens is 228 g/mol. The molecule has 0 aromatic carbocycles. The van der Waals surface area contributed by atoms with Crippen LogP contribution >= 0.6 is 0 Å². The van der Waals surface area contributed by atoms with Gasteiger partial charge in [-0.1, -0.05) is 26.0 Å². The Hall–Kier alpha value is -1.32. The van der Waals surface area contributed by atoms with E-state index in [1.165, 1.54) is 5.57 Å². The SMILES string of the molecule is C=C1C[C@H]1C[C@@H]1N=C(OC)[C@@H](C(C)C)N=C1OC. The van der Waals surface area contributed by atoms with E-state index >= 15 is 0 Å². The Labute approximate surface area is 109 Å². The minimum absolute atomic E-state index is 0.0100. The van der Waals surface area contributed by atoms with Crippen molar-refractivity contribution in [2.24, 2.45) is 21.8 Å². The van der Waals surface area contributed by atoms with E-state index in [4.69, 9.17) is 9.47 Å². The quantitative estimate of drug-likeness (QED) is 0.722. The van der Waals surface area contributed by atoms with Gasteiger partial charge in [-0.05, 0) is 24.7 Å². The zero-order chi connectivity index (χ0) is 13.3. The van der Waals surface area contributed by atoms with Gasteiger partial charge in [0.1, 0.15) is 12.1 Å². The summed E-state index contributed by atoms with van der Waals surface area (Å²) >= 11 is 0. The van der Waals surface area contributed by atoms with Crippen LogP contribution in [0.25, 0.3) is 0 Å². The molecule has 1 saturated carbocycles. The van der Waals surface area contributed by atoms with E-state index in [-0.39, 0.29) is 12.1 Å². The minimum atomic E-state index is -0.0244. The molecule has 1 aliphatic heterocycles. The maximum absolute atomic E-state index is 5.40. The second kappa shape index (κ2) is 5.12. The summed E-state index contributed by atoms with van der Waals surface area (Å²) in [5.41, 5.74) is 1.31. The molecule has 0 saturated heterocycles. The molecule has 0 radical (unpaired) electrons. The highest BCUT2D eigenvalue weighted by molar-refractivity contribution is 5.94. The van der Waals surface area contributed by atoms with Crippen LogP contribution in [-0.4, -0.2) is 38.1 Å². The van der Waals surface area contributed by atoms with Gasteiger partial charge in [-0.3, -0.25) is 0 Å². The minimum Gasteiger partial charge on any atom is -0.483 e. The van der Waals surface area contributed by atoms with Crippen molar-refractivity contribution in [1.29, 1.82) is 0 Å². The first-order chi connectivity index (χ1) is 8.56. The Morgan fingerprint density at radius 1 is 1.22 bits per heavy atom. The molecule has 0 spiro atoms. The number of hydrogen-bond donors (Lipinski definition) is 0. The molecule has 1 fully saturated rings. The summed E-state index contributed by atoms with van der Waals surface area (Å²) in [6, 6.07) is -0.0344. The fourth-order valence-corrected chi connectivity index (χ4v) is 2.29. The number of hydrogen-bond acceptors (Lipinski definition) is 4. The zero-order valence-electron chi connectivity index (χ0n) is 11.6. The first kappa shape index (κ1) is 13.1. The van der Waals surface area contributed by atoms with E-state index in [0.717, 1.165) is 24.6 Å². The van der Waals surface area contributed by atoms with Crippen molar-refractivity contribution in [2.75, 3.05) is 14.2 Å². The highest BCUT2D eigenvalue weighted by Crippen LogP contribution is 2.40. The summed E-state index contributed by atoms with van der Waals surface area (Å²) in [5, 5.41) is 0. The highest BCUT2D eigenvalue weighted by Gasteiger charge is 2.36. The van der Waals surface area contributed by atoms with Crippen LogP contribution in [-0.2, 0) is 9.47 Å². The number of aliphatic imine (C=N–C) groups is 2. The lowest BCUT2D eigenvalue weighted by atomic mass is 10.0. The zero-order valence-corrected chi connectivity index (χ0v) is 11.6. The van der Waals surface area contributed by atoms with Crippen molar-refractivity contribution >= 4 is 11.8 Å². The van der Waals surface area contributed by atoms with Gasteiger partial charge < -0.3 is 9.47 Å². The summed E-state index contributed by atoms with van der Waals surface area (Å²) in [6.07, 6.45) is 2.04. The molecule has 3 atom stereocenters. The first-order valence-electron chi connectivity index (χ1n) is 6.47. The molecule has 1 aliphatic carbocycles. The van der Waals surface area contributed by atoms with Crippen LogP contribution in [0.5, 0.6) is 0 Å². The third kappa shape index (κ3) is 2.57. The van der Waals surface area contributed by atoms with Gasteiger partial charge in [0.05, 0.1) is 14.2 Å². The third-order valence-corrected chi connectivity index (χ3v) is 3.57. The smallest absolute Gasteiger partial charge is 0.209 e. The van der Waals surface area contributed by atoms with Crippen molar-refractivity contribution < 1.29 is 9.47 Å². The molecule has 0 unspecified atom stereocenters. The number of rotatable bonds is 3. The molecule has 0 amide bonds. The molecule has 0 N–H and O–H groups in total. The third-order valence-electron chi connectivity index (χ3n) is 3.57. The average molecular weight is 250 g/mol. The maximum Gasteiger partial charge on any atom is 0.209 e. The molecule has 4 heteroatoms. The highest BCUT2D eigenvalue weighted by atomic mass is 16.5. The van der Waals surface area contributed by atoms with E-state index in [9.17, 15) is 0 Å². The van der Waals surface area contributed by atoms with Crippen molar-refractivity contribution in [3.63, 3.8) is 0 Å². The number of methoxy groups -OCH3 is 2. The van der Waals surface area contributed by atoms with E-state index in [0.29, 0.717) is 11.8 Å². The fourth-order valence-electron chi connectivity index (χ4n) is 2.29. The lowest BCUT2D eigenvalue weighted by Gasteiger charge is -2.26. The van der Waals surface area contributed by atoms with Crippen molar-refractivity contribution in [1.82, 2.24) is 0 Å². The second-order valence-electron chi connectivity index (χ2n) is 5.34. The Balaban J connectivity index is 2.16. The van der Waals surface area contributed by atoms with Crippen LogP contribution in [0.4, 0.5) is 0 Å². The van der Waals surface area contributed by atoms with Crippen molar-refractivity contribution in [3.05, 3.63) is 12.2 Å². The second-order valence-corrected chi connectivity index (χ2v) is 5.34. The summed E-state index contributed by atoms with van der Waals surface area (Å²) in [5.74, 6) is 2.38. The molecule has 4 nitrogen and oxygen atoms in total. The van der Waals surface area contributed by atoms with Gasteiger partial charge in [0.2, 0.25) is 11.8 Å². The predicted octanol–water partition coefficient (Wildman–Crippen LogP) is 2.45. The maximum atomic E-state index is 5.40. The standard InChI is InChI=1S/C14H22N2O2/c1-8(2)12-14(18-5)15-11(13(16-12)17-4)7-10-6-9(10)3/h8,10-12H,3,6-7H2,1-2,4-5H3/t10-,11-,12+/m0/s1. The van der Waals surface area contributed by atoms with E-state index < -0.39 is 0 Å². The van der Waals surface area contributed by atoms with Gasteiger partial charge in [0.15, 0.2) is 0 Å². The predicted molar refractivity (Wildman–Crippen MR) is 73.2 cm³/mol. The molecule has 2 aliphatic rings. The number of ether oxygens (including phenoxy) is 2. The summed E-state index contributed by atoms with van der Waals surface area (Å²) in [4.78, 5) is 9.32. The summed E-state index contributed by atoms with van der Waals surface area (Å²) < 4.78 is 10.8. The Kier molecular flexibility index (Phi) is 3.73. The number of allylic oxidation sites excluding steroid dienone is 1. The van der Waals surface area contributed by atoms with Crippen LogP contribution in [0.2, 0.25) is 0 Å². The Morgan fingerprint density at radius 2 is 1.83 bits per heavy atom. The van der Waals surface area contributed by atoms with Gasteiger partial charge in [0.25, 0.3) is 0 Å². The molecular formula is C14H22N2O2. The Bertz CT molecular complexity index is 399. The van der Waals surface area contributed by atoms with Crippen molar-refractivity contribution in [2.45, 2.75) is 38.8 Å². The lowest BCUT2D eigenvalue weighted by Crippen LogP contribution is -2.37. The van der Waals surface area contributed by atoms with Crippen molar-refractivity contribution in [3.8, 4) is 0 Å². The molecule has 0 bridgehead atoms. The van der Waals surface area contributed by atoms with E-state index in [1.807, 2.05) is 0 Å². The van der Waals surface area contributed by atoms with Gasteiger partial charge >= 0.3 is 0 Å². The molecule has 18 heavy (non-hydrogen) atoms.